The van der Waals surface area contributed by atoms with Gasteiger partial charge in [0.15, 0.2) is 5.57 Å². The zero-order valence-electron chi connectivity index (χ0n) is 13.2. The summed E-state index contributed by atoms with van der Waals surface area (Å²) in [6, 6.07) is 6.69. The Labute approximate surface area is 129 Å². The Morgan fingerprint density at radius 1 is 1.27 bits per heavy atom. The van der Waals surface area contributed by atoms with Gasteiger partial charge in [-0.05, 0) is 35.4 Å². The van der Waals surface area contributed by atoms with Crippen LogP contribution >= 0.6 is 0 Å². The lowest BCUT2D eigenvalue weighted by Gasteiger charge is -2.24. The van der Waals surface area contributed by atoms with Crippen LogP contribution in [-0.4, -0.2) is 6.18 Å². The first-order chi connectivity index (χ1) is 10.2. The van der Waals surface area contributed by atoms with Gasteiger partial charge in [-0.1, -0.05) is 39.8 Å². The Kier molecular flexibility index (Phi) is 5.65. The molecule has 0 fully saturated rings. The van der Waals surface area contributed by atoms with Gasteiger partial charge in [-0.25, -0.2) is 0 Å². The van der Waals surface area contributed by atoms with E-state index in [4.69, 9.17) is 10.00 Å². The minimum absolute atomic E-state index is 0.101. The largest absolute Gasteiger partial charge is 0.463 e. The molecule has 0 radical (unpaired) electrons. The van der Waals surface area contributed by atoms with Gasteiger partial charge in [0.2, 0.25) is 0 Å². The smallest absolute Gasteiger partial charge is 0.429 e. The summed E-state index contributed by atoms with van der Waals surface area (Å²) in [4.78, 5) is 0. The van der Waals surface area contributed by atoms with E-state index in [0.29, 0.717) is 18.4 Å². The van der Waals surface area contributed by atoms with Crippen molar-refractivity contribution in [3.05, 3.63) is 41.2 Å². The van der Waals surface area contributed by atoms with Gasteiger partial charge in [0.1, 0.15) is 18.1 Å². The molecule has 1 aromatic rings. The number of hydrogen-bond donors (Lipinski definition) is 0. The van der Waals surface area contributed by atoms with E-state index >= 15 is 0 Å². The van der Waals surface area contributed by atoms with Crippen LogP contribution in [0.2, 0.25) is 0 Å². The van der Waals surface area contributed by atoms with Crippen LogP contribution in [0.3, 0.4) is 0 Å². The zero-order valence-corrected chi connectivity index (χ0v) is 13.2. The fraction of sp³-hybridized carbons (Fsp3) is 0.471. The lowest BCUT2D eigenvalue weighted by molar-refractivity contribution is -0.0886. The molecule has 0 spiro atoms. The first-order valence-electron chi connectivity index (χ1n) is 7.13. The van der Waals surface area contributed by atoms with E-state index in [9.17, 15) is 13.2 Å². The van der Waals surface area contributed by atoms with Crippen LogP contribution in [-0.2, 0) is 11.8 Å². The topological polar surface area (TPSA) is 33.0 Å². The van der Waals surface area contributed by atoms with E-state index in [1.807, 2.05) is 26.0 Å². The van der Waals surface area contributed by atoms with E-state index in [2.05, 4.69) is 13.8 Å². The third-order valence-electron chi connectivity index (χ3n) is 3.84. The Morgan fingerprint density at radius 3 is 2.36 bits per heavy atom. The summed E-state index contributed by atoms with van der Waals surface area (Å²) < 4.78 is 42.9. The van der Waals surface area contributed by atoms with Crippen LogP contribution < -0.4 is 4.74 Å². The van der Waals surface area contributed by atoms with Crippen molar-refractivity contribution < 1.29 is 17.9 Å². The highest BCUT2D eigenvalue weighted by Crippen LogP contribution is 2.32. The third-order valence-corrected chi connectivity index (χ3v) is 3.84. The van der Waals surface area contributed by atoms with Crippen LogP contribution in [0.15, 0.2) is 30.0 Å². The summed E-state index contributed by atoms with van der Waals surface area (Å²) in [5, 5.41) is 8.57. The number of nitrogens with zero attached hydrogens (tertiary/aromatic N) is 1. The predicted molar refractivity (Wildman–Crippen MR) is 79.5 cm³/mol. The van der Waals surface area contributed by atoms with E-state index in [1.165, 1.54) is 0 Å². The molecule has 22 heavy (non-hydrogen) atoms. The van der Waals surface area contributed by atoms with Crippen LogP contribution in [0, 0.1) is 11.3 Å². The molecule has 1 rings (SSSR count). The molecule has 5 heteroatoms. The van der Waals surface area contributed by atoms with Gasteiger partial charge in [-0.2, -0.15) is 18.4 Å². The molecule has 0 aliphatic carbocycles. The highest BCUT2D eigenvalue weighted by molar-refractivity contribution is 5.41. The van der Waals surface area contributed by atoms with Crippen molar-refractivity contribution in [2.75, 3.05) is 0 Å². The van der Waals surface area contributed by atoms with E-state index in [0.717, 1.165) is 23.6 Å². The maximum Gasteiger partial charge on any atom is 0.429 e. The van der Waals surface area contributed by atoms with Crippen molar-refractivity contribution in [3.8, 4) is 11.8 Å². The standard InChI is InChI=1S/C17H20F3NO/c1-5-12-7-8-13(16(3,4)6-2)9-15(12)22-11-14(10-21)17(18,19)20/h7-9,11H,5-6H2,1-4H3. The van der Waals surface area contributed by atoms with Gasteiger partial charge in [0.05, 0.1) is 0 Å². The lowest BCUT2D eigenvalue weighted by atomic mass is 9.82. The molecule has 0 aliphatic heterocycles. The van der Waals surface area contributed by atoms with Crippen molar-refractivity contribution >= 4 is 0 Å². The van der Waals surface area contributed by atoms with E-state index in [-0.39, 0.29) is 5.41 Å². The molecule has 0 bridgehead atoms. The summed E-state index contributed by atoms with van der Waals surface area (Å²) in [6.45, 7) is 8.06. The van der Waals surface area contributed by atoms with Crippen molar-refractivity contribution in [1.82, 2.24) is 0 Å². The van der Waals surface area contributed by atoms with Crippen LogP contribution in [0.5, 0.6) is 5.75 Å². The molecule has 0 unspecified atom stereocenters. The van der Waals surface area contributed by atoms with Gasteiger partial charge in [0, 0.05) is 0 Å². The van der Waals surface area contributed by atoms with Crippen LogP contribution in [0.4, 0.5) is 13.2 Å². The number of aryl methyl sites for hydroxylation is 1. The van der Waals surface area contributed by atoms with Gasteiger partial charge < -0.3 is 4.74 Å². The van der Waals surface area contributed by atoms with Gasteiger partial charge in [0.25, 0.3) is 0 Å². The fourth-order valence-electron chi connectivity index (χ4n) is 1.86. The minimum Gasteiger partial charge on any atom is -0.463 e. The second-order valence-electron chi connectivity index (χ2n) is 5.67. The van der Waals surface area contributed by atoms with Crippen molar-refractivity contribution in [2.45, 2.75) is 52.1 Å². The Hall–Kier alpha value is -1.96. The average Bonchev–Trinajstić information content (AvgIpc) is 2.46. The molecule has 0 N–H and O–H groups in total. The molecule has 120 valence electrons. The van der Waals surface area contributed by atoms with Crippen molar-refractivity contribution in [3.63, 3.8) is 0 Å². The maximum absolute atomic E-state index is 12.6. The van der Waals surface area contributed by atoms with Gasteiger partial charge in [-0.3, -0.25) is 0 Å². The lowest BCUT2D eigenvalue weighted by Crippen LogP contribution is -2.15. The molecular formula is C17H20F3NO. The molecule has 0 amide bonds. The summed E-state index contributed by atoms with van der Waals surface area (Å²) in [5.41, 5.74) is 0.332. The summed E-state index contributed by atoms with van der Waals surface area (Å²) >= 11 is 0. The minimum atomic E-state index is -4.71. The highest BCUT2D eigenvalue weighted by Gasteiger charge is 2.34. The second-order valence-corrected chi connectivity index (χ2v) is 5.67. The SMILES string of the molecule is CCc1ccc(C(C)(C)CC)cc1OC=C(C#N)C(F)(F)F. The molecule has 0 heterocycles. The van der Waals surface area contributed by atoms with Gasteiger partial charge >= 0.3 is 6.18 Å². The number of halogens is 3. The normalized spacial score (nSPS) is 12.9. The van der Waals surface area contributed by atoms with Crippen LogP contribution in [0.1, 0.15) is 45.2 Å². The Balaban J connectivity index is 3.21. The molecule has 0 saturated carbocycles. The van der Waals surface area contributed by atoms with Crippen molar-refractivity contribution in [1.29, 1.82) is 5.26 Å². The summed E-state index contributed by atoms with van der Waals surface area (Å²) in [6.07, 6.45) is -2.71. The number of allylic oxidation sites excluding steroid dienone is 1. The molecule has 0 aromatic heterocycles. The summed E-state index contributed by atoms with van der Waals surface area (Å²) in [7, 11) is 0. The van der Waals surface area contributed by atoms with Crippen LogP contribution in [0.25, 0.3) is 0 Å². The number of alkyl halides is 3. The fourth-order valence-corrected chi connectivity index (χ4v) is 1.86. The molecule has 1 aromatic carbocycles. The second kappa shape index (κ2) is 6.87. The average molecular weight is 311 g/mol. The van der Waals surface area contributed by atoms with Gasteiger partial charge in [-0.15, -0.1) is 0 Å². The Bertz CT molecular complexity index is 595. The quantitative estimate of drug-likeness (QED) is 0.547. The molecular weight excluding hydrogens is 291 g/mol. The maximum atomic E-state index is 12.6. The number of hydrogen-bond acceptors (Lipinski definition) is 2. The predicted octanol–water partition coefficient (Wildman–Crippen LogP) is 5.29. The molecule has 2 nitrogen and oxygen atoms in total. The van der Waals surface area contributed by atoms with E-state index in [1.54, 1.807) is 6.07 Å². The zero-order chi connectivity index (χ0) is 17.0. The highest BCUT2D eigenvalue weighted by atomic mass is 19.4. The number of benzene rings is 1. The van der Waals surface area contributed by atoms with E-state index < -0.39 is 11.7 Å². The summed E-state index contributed by atoms with van der Waals surface area (Å²) in [5.74, 6) is 0.360. The number of ether oxygens (including phenoxy) is 1. The first-order valence-corrected chi connectivity index (χ1v) is 7.13. The van der Waals surface area contributed by atoms with Crippen molar-refractivity contribution in [2.24, 2.45) is 0 Å². The molecule has 0 atom stereocenters. The Morgan fingerprint density at radius 2 is 1.91 bits per heavy atom. The molecule has 0 saturated heterocycles. The third kappa shape index (κ3) is 4.27. The number of nitriles is 1. The number of rotatable bonds is 5. The molecule has 0 aliphatic rings. The first kappa shape index (κ1) is 18.1. The monoisotopic (exact) mass is 311 g/mol.